The van der Waals surface area contributed by atoms with Crippen LogP contribution in [0.2, 0.25) is 5.02 Å². The molecule has 0 aliphatic carbocycles. The minimum absolute atomic E-state index is 0.0982. The number of aromatic nitrogens is 3. The van der Waals surface area contributed by atoms with Gasteiger partial charge in [0.1, 0.15) is 18.1 Å². The zero-order valence-electron chi connectivity index (χ0n) is 14.0. The molecule has 1 aromatic carbocycles. The second kappa shape index (κ2) is 7.25. The molecular formula is C19H17ClN4O2. The third-order valence-corrected chi connectivity index (χ3v) is 4.87. The van der Waals surface area contributed by atoms with Gasteiger partial charge in [-0.05, 0) is 24.5 Å². The van der Waals surface area contributed by atoms with Crippen molar-refractivity contribution in [1.29, 1.82) is 0 Å². The van der Waals surface area contributed by atoms with Crippen molar-refractivity contribution in [3.05, 3.63) is 77.0 Å². The van der Waals surface area contributed by atoms with E-state index < -0.39 is 0 Å². The van der Waals surface area contributed by atoms with Crippen LogP contribution in [0.3, 0.4) is 0 Å². The van der Waals surface area contributed by atoms with Crippen molar-refractivity contribution in [2.24, 2.45) is 0 Å². The molecule has 132 valence electrons. The molecule has 0 N–H and O–H groups in total. The number of halogens is 1. The molecule has 0 radical (unpaired) electrons. The lowest BCUT2D eigenvalue weighted by Gasteiger charge is -2.22. The lowest BCUT2D eigenvalue weighted by molar-refractivity contribution is 0.0713. The number of likely N-dealkylation sites (tertiary alicyclic amines) is 1. The van der Waals surface area contributed by atoms with E-state index in [4.69, 9.17) is 16.0 Å². The van der Waals surface area contributed by atoms with Crippen LogP contribution in [0.5, 0.6) is 0 Å². The van der Waals surface area contributed by atoms with E-state index in [1.165, 1.54) is 18.7 Å². The van der Waals surface area contributed by atoms with Gasteiger partial charge in [-0.2, -0.15) is 0 Å². The van der Waals surface area contributed by atoms with Gasteiger partial charge in [0.15, 0.2) is 0 Å². The summed E-state index contributed by atoms with van der Waals surface area (Å²) in [6.07, 6.45) is 8.49. The molecule has 0 spiro atoms. The Hall–Kier alpha value is -2.73. The molecule has 26 heavy (non-hydrogen) atoms. The Bertz CT molecular complexity index is 913. The molecule has 1 aliphatic heterocycles. The number of carbonyl (C=O) groups is 1. The predicted octanol–water partition coefficient (Wildman–Crippen LogP) is 3.69. The number of amides is 1. The number of benzene rings is 1. The monoisotopic (exact) mass is 368 g/mol. The van der Waals surface area contributed by atoms with E-state index in [9.17, 15) is 4.79 Å². The highest BCUT2D eigenvalue weighted by Gasteiger charge is 2.34. The lowest BCUT2D eigenvalue weighted by Crippen LogP contribution is -2.30. The molecule has 4 rings (SSSR count). The van der Waals surface area contributed by atoms with Crippen molar-refractivity contribution in [2.45, 2.75) is 25.3 Å². The van der Waals surface area contributed by atoms with Gasteiger partial charge in [-0.25, -0.2) is 15.0 Å². The fraction of sp³-hybridized carbons (Fsp3) is 0.263. The molecule has 2 aromatic heterocycles. The second-order valence-corrected chi connectivity index (χ2v) is 6.62. The van der Waals surface area contributed by atoms with E-state index in [-0.39, 0.29) is 11.9 Å². The van der Waals surface area contributed by atoms with Crippen LogP contribution in [0.25, 0.3) is 0 Å². The number of nitrogens with zero attached hydrogens (tertiary/aromatic N) is 4. The molecule has 3 aromatic rings. The van der Waals surface area contributed by atoms with Crippen molar-refractivity contribution in [1.82, 2.24) is 19.9 Å². The predicted molar refractivity (Wildman–Crippen MR) is 95.8 cm³/mol. The van der Waals surface area contributed by atoms with E-state index in [0.29, 0.717) is 29.4 Å². The van der Waals surface area contributed by atoms with Crippen LogP contribution in [-0.4, -0.2) is 32.3 Å². The zero-order chi connectivity index (χ0) is 17.9. The van der Waals surface area contributed by atoms with Gasteiger partial charge in [0.05, 0.1) is 11.8 Å². The fourth-order valence-electron chi connectivity index (χ4n) is 3.23. The smallest absolute Gasteiger partial charge is 0.257 e. The van der Waals surface area contributed by atoms with E-state index >= 15 is 0 Å². The Morgan fingerprint density at radius 1 is 1.23 bits per heavy atom. The molecule has 6 nitrogen and oxygen atoms in total. The van der Waals surface area contributed by atoms with Crippen LogP contribution in [0.15, 0.2) is 53.6 Å². The molecule has 0 bridgehead atoms. The number of rotatable bonds is 4. The molecule has 1 saturated heterocycles. The van der Waals surface area contributed by atoms with Crippen molar-refractivity contribution < 1.29 is 9.21 Å². The van der Waals surface area contributed by atoms with E-state index in [1.54, 1.807) is 11.1 Å². The van der Waals surface area contributed by atoms with Gasteiger partial charge in [-0.1, -0.05) is 29.8 Å². The van der Waals surface area contributed by atoms with Crippen LogP contribution in [-0.2, 0) is 6.42 Å². The fourth-order valence-corrected chi connectivity index (χ4v) is 3.43. The first-order valence-electron chi connectivity index (χ1n) is 8.46. The molecular weight excluding hydrogens is 352 g/mol. The molecule has 1 amide bonds. The number of hydrogen-bond donors (Lipinski definition) is 0. The average molecular weight is 369 g/mol. The first-order chi connectivity index (χ1) is 12.7. The van der Waals surface area contributed by atoms with Crippen LogP contribution in [0.1, 0.15) is 46.5 Å². The van der Waals surface area contributed by atoms with Crippen LogP contribution >= 0.6 is 11.6 Å². The molecule has 3 heterocycles. The summed E-state index contributed by atoms with van der Waals surface area (Å²) in [7, 11) is 0. The first-order valence-corrected chi connectivity index (χ1v) is 8.84. The normalized spacial score (nSPS) is 16.8. The highest BCUT2D eigenvalue weighted by molar-refractivity contribution is 6.31. The third-order valence-electron chi connectivity index (χ3n) is 4.50. The third kappa shape index (κ3) is 3.32. The quantitative estimate of drug-likeness (QED) is 0.702. The van der Waals surface area contributed by atoms with Crippen molar-refractivity contribution in [2.75, 3.05) is 6.54 Å². The Morgan fingerprint density at radius 3 is 2.85 bits per heavy atom. The highest BCUT2D eigenvalue weighted by atomic mass is 35.5. The summed E-state index contributed by atoms with van der Waals surface area (Å²) in [5.74, 6) is 1.20. The van der Waals surface area contributed by atoms with Gasteiger partial charge >= 0.3 is 0 Å². The van der Waals surface area contributed by atoms with Crippen molar-refractivity contribution >= 4 is 17.5 Å². The topological polar surface area (TPSA) is 72.1 Å². The largest absolute Gasteiger partial charge is 0.443 e. The lowest BCUT2D eigenvalue weighted by atomic mass is 10.1. The second-order valence-electron chi connectivity index (χ2n) is 6.22. The number of carbonyl (C=O) groups excluding carboxylic acids is 1. The summed E-state index contributed by atoms with van der Waals surface area (Å²) < 4.78 is 5.95. The first kappa shape index (κ1) is 16.7. The van der Waals surface area contributed by atoms with Crippen LogP contribution in [0.4, 0.5) is 0 Å². The average Bonchev–Trinajstić information content (AvgIpc) is 3.33. The molecule has 0 unspecified atom stereocenters. The maximum Gasteiger partial charge on any atom is 0.257 e. The van der Waals surface area contributed by atoms with Gasteiger partial charge in [0.2, 0.25) is 5.89 Å². The van der Waals surface area contributed by atoms with Crippen molar-refractivity contribution in [3.63, 3.8) is 0 Å². The van der Waals surface area contributed by atoms with Gasteiger partial charge in [-0.15, -0.1) is 0 Å². The van der Waals surface area contributed by atoms with E-state index in [1.807, 2.05) is 24.3 Å². The number of oxazole rings is 1. The minimum Gasteiger partial charge on any atom is -0.443 e. The molecule has 1 atom stereocenters. The number of hydrogen-bond acceptors (Lipinski definition) is 5. The maximum atomic E-state index is 12.7. The van der Waals surface area contributed by atoms with Gasteiger partial charge in [0, 0.05) is 30.4 Å². The Morgan fingerprint density at radius 2 is 2.04 bits per heavy atom. The van der Waals surface area contributed by atoms with Gasteiger partial charge < -0.3 is 9.32 Å². The summed E-state index contributed by atoms with van der Waals surface area (Å²) in [5, 5.41) is 0.701. The molecule has 0 saturated carbocycles. The summed E-state index contributed by atoms with van der Waals surface area (Å²) in [6, 6.07) is 7.49. The van der Waals surface area contributed by atoms with E-state index in [2.05, 4.69) is 15.0 Å². The summed E-state index contributed by atoms with van der Waals surface area (Å²) in [5.41, 5.74) is 1.46. The van der Waals surface area contributed by atoms with Gasteiger partial charge in [-0.3, -0.25) is 4.79 Å². The highest BCUT2D eigenvalue weighted by Crippen LogP contribution is 2.33. The van der Waals surface area contributed by atoms with E-state index in [0.717, 1.165) is 24.2 Å². The molecule has 1 fully saturated rings. The summed E-state index contributed by atoms with van der Waals surface area (Å²) in [6.45, 7) is 0.667. The zero-order valence-corrected chi connectivity index (χ0v) is 14.8. The molecule has 7 heteroatoms. The maximum absolute atomic E-state index is 12.7. The van der Waals surface area contributed by atoms with Crippen molar-refractivity contribution in [3.8, 4) is 0 Å². The van der Waals surface area contributed by atoms with Gasteiger partial charge in [0.25, 0.3) is 5.91 Å². The van der Waals surface area contributed by atoms with Crippen LogP contribution < -0.4 is 0 Å². The summed E-state index contributed by atoms with van der Waals surface area (Å²) >= 11 is 6.21. The Kier molecular flexibility index (Phi) is 4.67. The minimum atomic E-state index is -0.164. The Balaban J connectivity index is 1.53. The van der Waals surface area contributed by atoms with Crippen LogP contribution in [0, 0.1) is 0 Å². The Labute approximate surface area is 155 Å². The summed E-state index contributed by atoms with van der Waals surface area (Å²) in [4.78, 5) is 26.8. The molecule has 1 aliphatic rings. The standard InChI is InChI=1S/C19H17ClN4O2/c20-16-5-2-1-4-13(16)8-15-11-23-18(26-15)17-6-3-7-24(17)19(25)14-9-21-12-22-10-14/h1-2,4-5,9-12,17H,3,6-8H2/t17-/m0/s1. The SMILES string of the molecule is O=C(c1cncnc1)N1CCC[C@H]1c1ncc(Cc2ccccc2Cl)o1.